The summed E-state index contributed by atoms with van der Waals surface area (Å²) in [6.07, 6.45) is 3.63. The van der Waals surface area contributed by atoms with E-state index in [4.69, 9.17) is 29.6 Å². The Morgan fingerprint density at radius 2 is 2.00 bits per heavy atom. The topological polar surface area (TPSA) is 46.3 Å². The van der Waals surface area contributed by atoms with Crippen molar-refractivity contribution in [1.29, 1.82) is 0 Å². The number of carbonyl (C=O) groups excluding carboxylic acids is 1. The molecule has 2 N–H and O–H groups in total. The molecule has 0 atom stereocenters. The molecule has 114 valence electrons. The van der Waals surface area contributed by atoms with Crippen molar-refractivity contribution < 1.29 is 4.79 Å². The summed E-state index contributed by atoms with van der Waals surface area (Å²) in [5.41, 5.74) is 7.51. The Morgan fingerprint density at radius 1 is 1.38 bits per heavy atom. The monoisotopic (exact) mass is 342 g/mol. The molecule has 0 bridgehead atoms. The summed E-state index contributed by atoms with van der Waals surface area (Å²) in [6.45, 7) is 3.27. The number of carbonyl (C=O) groups is 1. The second-order valence-electron chi connectivity index (χ2n) is 5.37. The van der Waals surface area contributed by atoms with Crippen molar-refractivity contribution in [3.8, 4) is 0 Å². The Hall–Kier alpha value is -0.780. The highest BCUT2D eigenvalue weighted by molar-refractivity contribution is 8.02. The van der Waals surface area contributed by atoms with Gasteiger partial charge in [0.25, 0.3) is 5.91 Å². The fourth-order valence-electron chi connectivity index (χ4n) is 2.66. The predicted molar refractivity (Wildman–Crippen MR) is 94.4 cm³/mol. The van der Waals surface area contributed by atoms with Crippen LogP contribution in [0.15, 0.2) is 18.2 Å². The Kier molecular flexibility index (Phi) is 5.17. The third-order valence-corrected chi connectivity index (χ3v) is 6.13. The van der Waals surface area contributed by atoms with Crippen LogP contribution < -0.4 is 5.73 Å². The van der Waals surface area contributed by atoms with Gasteiger partial charge in [-0.05, 0) is 49.8 Å². The lowest BCUT2D eigenvalue weighted by Crippen LogP contribution is -2.50. The molecule has 0 unspecified atom stereocenters. The lowest BCUT2D eigenvalue weighted by atomic mass is 9.95. The second kappa shape index (κ2) is 6.55. The summed E-state index contributed by atoms with van der Waals surface area (Å²) in [7, 11) is 0. The molecule has 1 aromatic carbocycles. The highest BCUT2D eigenvalue weighted by Crippen LogP contribution is 2.35. The highest BCUT2D eigenvalue weighted by atomic mass is 35.5. The van der Waals surface area contributed by atoms with E-state index in [9.17, 15) is 4.79 Å². The number of piperidine rings is 1. The Bertz CT molecular complexity index is 549. The van der Waals surface area contributed by atoms with Crippen molar-refractivity contribution in [2.45, 2.75) is 24.5 Å². The van der Waals surface area contributed by atoms with Crippen molar-refractivity contribution in [3.05, 3.63) is 34.3 Å². The van der Waals surface area contributed by atoms with Crippen LogP contribution in [0, 0.1) is 6.92 Å². The maximum Gasteiger partial charge on any atom is 0.253 e. The van der Waals surface area contributed by atoms with Crippen LogP contribution in [-0.2, 0) is 0 Å². The molecular weight excluding hydrogens is 324 g/mol. The largest absolute Gasteiger partial charge is 0.392 e. The molecule has 0 radical (unpaired) electrons. The molecule has 6 heteroatoms. The molecule has 1 saturated heterocycles. The molecular formula is C15H19ClN2OS2. The molecule has 1 heterocycles. The Balaban J connectivity index is 2.11. The van der Waals surface area contributed by atoms with Crippen molar-refractivity contribution in [2.24, 2.45) is 5.73 Å². The van der Waals surface area contributed by atoms with Gasteiger partial charge in [0.15, 0.2) is 0 Å². The average molecular weight is 343 g/mol. The Labute approximate surface area is 140 Å². The summed E-state index contributed by atoms with van der Waals surface area (Å²) in [6, 6.07) is 5.44. The zero-order chi connectivity index (χ0) is 15.6. The van der Waals surface area contributed by atoms with E-state index in [1.165, 1.54) is 0 Å². The molecule has 0 aromatic heterocycles. The normalized spacial score (nSPS) is 17.6. The van der Waals surface area contributed by atoms with Crippen LogP contribution in [0.25, 0.3) is 0 Å². The van der Waals surface area contributed by atoms with Gasteiger partial charge < -0.3 is 10.6 Å². The number of nitrogens with two attached hydrogens (primary N) is 1. The molecule has 1 aromatic rings. The van der Waals surface area contributed by atoms with E-state index < -0.39 is 0 Å². The molecule has 1 fully saturated rings. The van der Waals surface area contributed by atoms with Crippen molar-refractivity contribution in [1.82, 2.24) is 4.90 Å². The SMILES string of the molecule is CSC1(C(N)=S)CCN(C(=O)c2cc(C)cc(Cl)c2)CC1. The fourth-order valence-corrected chi connectivity index (χ4v) is 4.20. The summed E-state index contributed by atoms with van der Waals surface area (Å²) < 4.78 is -0.170. The number of thioether (sulfide) groups is 1. The zero-order valence-corrected chi connectivity index (χ0v) is 14.6. The van der Waals surface area contributed by atoms with Crippen LogP contribution in [0.5, 0.6) is 0 Å². The van der Waals surface area contributed by atoms with Gasteiger partial charge in [-0.2, -0.15) is 11.8 Å². The number of halogens is 1. The van der Waals surface area contributed by atoms with Crippen LogP contribution in [-0.4, -0.2) is 39.9 Å². The minimum absolute atomic E-state index is 0.0262. The lowest BCUT2D eigenvalue weighted by molar-refractivity contribution is 0.0719. The second-order valence-corrected chi connectivity index (χ2v) is 7.44. The quantitative estimate of drug-likeness (QED) is 0.856. The minimum Gasteiger partial charge on any atom is -0.392 e. The molecule has 0 aliphatic carbocycles. The van der Waals surface area contributed by atoms with Gasteiger partial charge in [-0.15, -0.1) is 0 Å². The van der Waals surface area contributed by atoms with E-state index in [1.807, 2.05) is 30.2 Å². The number of thiocarbonyl (C=S) groups is 1. The molecule has 21 heavy (non-hydrogen) atoms. The van der Waals surface area contributed by atoms with Crippen molar-refractivity contribution in [3.63, 3.8) is 0 Å². The van der Waals surface area contributed by atoms with Gasteiger partial charge in [0.2, 0.25) is 0 Å². The number of benzene rings is 1. The van der Waals surface area contributed by atoms with E-state index in [0.717, 1.165) is 18.4 Å². The molecule has 1 aliphatic rings. The summed E-state index contributed by atoms with van der Waals surface area (Å²) >= 11 is 12.9. The third kappa shape index (κ3) is 3.52. The highest BCUT2D eigenvalue weighted by Gasteiger charge is 2.38. The molecule has 1 aliphatic heterocycles. The van der Waals surface area contributed by atoms with E-state index in [2.05, 4.69) is 0 Å². The predicted octanol–water partition coefficient (Wildman–Crippen LogP) is 3.27. The van der Waals surface area contributed by atoms with E-state index in [-0.39, 0.29) is 10.7 Å². The van der Waals surface area contributed by atoms with Crippen LogP contribution in [0.3, 0.4) is 0 Å². The number of amides is 1. The zero-order valence-electron chi connectivity index (χ0n) is 12.2. The van der Waals surface area contributed by atoms with Gasteiger partial charge in [-0.3, -0.25) is 4.79 Å². The van der Waals surface area contributed by atoms with E-state index in [1.54, 1.807) is 17.8 Å². The number of rotatable bonds is 3. The molecule has 1 amide bonds. The summed E-state index contributed by atoms with van der Waals surface area (Å²) in [4.78, 5) is 15.0. The number of likely N-dealkylation sites (tertiary alicyclic amines) is 1. The van der Waals surface area contributed by atoms with Gasteiger partial charge >= 0.3 is 0 Å². The van der Waals surface area contributed by atoms with Crippen LogP contribution in [0.2, 0.25) is 5.02 Å². The first-order valence-corrected chi connectivity index (χ1v) is 8.80. The maximum atomic E-state index is 12.6. The third-order valence-electron chi connectivity index (χ3n) is 3.99. The van der Waals surface area contributed by atoms with Gasteiger partial charge in [0.05, 0.1) is 9.74 Å². The fraction of sp³-hybridized carbons (Fsp3) is 0.467. The average Bonchev–Trinajstić information content (AvgIpc) is 2.45. The van der Waals surface area contributed by atoms with Crippen LogP contribution in [0.4, 0.5) is 0 Å². The smallest absolute Gasteiger partial charge is 0.253 e. The number of aryl methyl sites for hydroxylation is 1. The van der Waals surface area contributed by atoms with E-state index in [0.29, 0.717) is 28.7 Å². The van der Waals surface area contributed by atoms with Gasteiger partial charge in [0, 0.05) is 23.7 Å². The number of hydrogen-bond acceptors (Lipinski definition) is 3. The van der Waals surface area contributed by atoms with Crippen LogP contribution >= 0.6 is 35.6 Å². The first-order valence-electron chi connectivity index (χ1n) is 6.79. The van der Waals surface area contributed by atoms with Gasteiger partial charge in [-0.25, -0.2) is 0 Å². The minimum atomic E-state index is -0.170. The van der Waals surface area contributed by atoms with Crippen LogP contribution in [0.1, 0.15) is 28.8 Å². The van der Waals surface area contributed by atoms with Gasteiger partial charge in [0.1, 0.15) is 0 Å². The van der Waals surface area contributed by atoms with Crippen molar-refractivity contribution >= 4 is 46.5 Å². The summed E-state index contributed by atoms with van der Waals surface area (Å²) in [5, 5.41) is 0.594. The number of hydrogen-bond donors (Lipinski definition) is 1. The molecule has 0 spiro atoms. The summed E-state index contributed by atoms with van der Waals surface area (Å²) in [5.74, 6) is 0.0262. The first-order chi connectivity index (χ1) is 9.88. The first kappa shape index (κ1) is 16.6. The van der Waals surface area contributed by atoms with E-state index >= 15 is 0 Å². The lowest BCUT2D eigenvalue weighted by Gasteiger charge is -2.40. The van der Waals surface area contributed by atoms with Gasteiger partial charge in [-0.1, -0.05) is 23.8 Å². The number of nitrogens with zero attached hydrogens (tertiary/aromatic N) is 1. The maximum absolute atomic E-state index is 12.6. The molecule has 3 nitrogen and oxygen atoms in total. The Morgan fingerprint density at radius 3 is 2.48 bits per heavy atom. The molecule has 2 rings (SSSR count). The van der Waals surface area contributed by atoms with Crippen molar-refractivity contribution in [2.75, 3.05) is 19.3 Å². The molecule has 0 saturated carbocycles. The standard InChI is InChI=1S/C15H19ClN2OS2/c1-10-7-11(9-12(16)8-10)13(19)18-5-3-15(21-2,4-6-18)14(17)20/h7-9H,3-6H2,1-2H3,(H2,17,20).